The van der Waals surface area contributed by atoms with E-state index >= 15 is 0 Å². The zero-order valence-corrected chi connectivity index (χ0v) is 12.5. The van der Waals surface area contributed by atoms with Gasteiger partial charge < -0.3 is 15.5 Å². The number of carbonyl (C=O) groups excluding carboxylic acids is 1. The zero-order valence-electron chi connectivity index (χ0n) is 12.5. The highest BCUT2D eigenvalue weighted by Gasteiger charge is 2.51. The minimum Gasteiger partial charge on any atom is -0.481 e. The lowest BCUT2D eigenvalue weighted by atomic mass is 9.82. The van der Waals surface area contributed by atoms with Gasteiger partial charge in [0.15, 0.2) is 0 Å². The van der Waals surface area contributed by atoms with E-state index in [1.807, 2.05) is 12.2 Å². The molecule has 0 saturated heterocycles. The Hall–Kier alpha value is -2.63. The molecule has 1 amide bonds. The largest absolute Gasteiger partial charge is 0.481 e. The average molecular weight is 315 g/mol. The first-order valence-electron chi connectivity index (χ1n) is 7.44. The lowest BCUT2D eigenvalue weighted by Gasteiger charge is -2.24. The number of anilines is 1. The van der Waals surface area contributed by atoms with E-state index in [-0.39, 0.29) is 23.3 Å². The molecule has 0 aromatic heterocycles. The van der Waals surface area contributed by atoms with Crippen molar-refractivity contribution in [2.24, 2.45) is 23.7 Å². The Kier molecular flexibility index (Phi) is 3.67. The number of fused-ring (bicyclic) bond motifs is 2. The van der Waals surface area contributed by atoms with E-state index in [0.717, 1.165) is 5.56 Å². The van der Waals surface area contributed by atoms with Crippen LogP contribution in [0.5, 0.6) is 0 Å². The van der Waals surface area contributed by atoms with E-state index in [2.05, 4.69) is 5.32 Å². The number of aryl methyl sites for hydroxylation is 1. The topological polar surface area (TPSA) is 104 Å². The first kappa shape index (κ1) is 15.3. The highest BCUT2D eigenvalue weighted by molar-refractivity contribution is 5.98. The van der Waals surface area contributed by atoms with E-state index in [9.17, 15) is 19.5 Å². The van der Waals surface area contributed by atoms with Crippen molar-refractivity contribution in [3.05, 3.63) is 41.5 Å². The van der Waals surface area contributed by atoms with Crippen molar-refractivity contribution in [2.45, 2.75) is 13.3 Å². The summed E-state index contributed by atoms with van der Waals surface area (Å²) in [6.45, 7) is 1.76. The second-order valence-corrected chi connectivity index (χ2v) is 6.16. The van der Waals surface area contributed by atoms with Crippen LogP contribution in [0.3, 0.4) is 0 Å². The van der Waals surface area contributed by atoms with Crippen molar-refractivity contribution < 1.29 is 24.6 Å². The molecule has 3 rings (SSSR count). The third kappa shape index (κ3) is 2.60. The third-order valence-corrected chi connectivity index (χ3v) is 4.79. The molecule has 1 fully saturated rings. The van der Waals surface area contributed by atoms with Crippen molar-refractivity contribution in [1.29, 1.82) is 0 Å². The maximum Gasteiger partial charge on any atom is 0.335 e. The van der Waals surface area contributed by atoms with E-state index in [1.54, 1.807) is 13.0 Å². The summed E-state index contributed by atoms with van der Waals surface area (Å²) in [6, 6.07) is 4.48. The first-order chi connectivity index (χ1) is 10.9. The quantitative estimate of drug-likeness (QED) is 0.739. The Balaban J connectivity index is 1.85. The molecule has 23 heavy (non-hydrogen) atoms. The Bertz CT molecular complexity index is 724. The van der Waals surface area contributed by atoms with Crippen LogP contribution in [0.25, 0.3) is 0 Å². The summed E-state index contributed by atoms with van der Waals surface area (Å²) in [7, 11) is 0. The Morgan fingerprint density at radius 1 is 1.09 bits per heavy atom. The number of aliphatic carboxylic acids is 1. The molecule has 1 aromatic rings. The summed E-state index contributed by atoms with van der Waals surface area (Å²) in [5.74, 6) is -3.89. The smallest absolute Gasteiger partial charge is 0.335 e. The predicted molar refractivity (Wildman–Crippen MR) is 82.1 cm³/mol. The van der Waals surface area contributed by atoms with Crippen molar-refractivity contribution in [3.8, 4) is 0 Å². The van der Waals surface area contributed by atoms with Crippen molar-refractivity contribution in [1.82, 2.24) is 0 Å². The molecule has 3 N–H and O–H groups in total. The molecular formula is C17H17NO5. The van der Waals surface area contributed by atoms with Gasteiger partial charge in [-0.05, 0) is 42.9 Å². The lowest BCUT2D eigenvalue weighted by Crippen LogP contribution is -2.36. The molecule has 0 aliphatic heterocycles. The van der Waals surface area contributed by atoms with Crippen molar-refractivity contribution in [2.75, 3.05) is 5.32 Å². The van der Waals surface area contributed by atoms with Gasteiger partial charge in [-0.25, -0.2) is 4.79 Å². The summed E-state index contributed by atoms with van der Waals surface area (Å²) in [5, 5.41) is 21.2. The molecular weight excluding hydrogens is 298 g/mol. The number of rotatable bonds is 4. The summed E-state index contributed by atoms with van der Waals surface area (Å²) < 4.78 is 0. The van der Waals surface area contributed by atoms with Crippen LogP contribution >= 0.6 is 0 Å². The molecule has 4 atom stereocenters. The summed E-state index contributed by atoms with van der Waals surface area (Å²) in [6.07, 6.45) is 4.47. The monoisotopic (exact) mass is 315 g/mol. The summed E-state index contributed by atoms with van der Waals surface area (Å²) >= 11 is 0. The van der Waals surface area contributed by atoms with Gasteiger partial charge in [0.05, 0.1) is 17.4 Å². The van der Waals surface area contributed by atoms with Crippen LogP contribution in [0.15, 0.2) is 30.4 Å². The lowest BCUT2D eigenvalue weighted by molar-refractivity contribution is -0.146. The Morgan fingerprint density at radius 3 is 2.35 bits per heavy atom. The second kappa shape index (κ2) is 5.53. The molecule has 6 heteroatoms. The molecule has 0 spiro atoms. The van der Waals surface area contributed by atoms with Gasteiger partial charge in [0.2, 0.25) is 5.91 Å². The maximum atomic E-state index is 12.6. The highest BCUT2D eigenvalue weighted by atomic mass is 16.4. The maximum absolute atomic E-state index is 12.6. The first-order valence-corrected chi connectivity index (χ1v) is 7.44. The fourth-order valence-electron chi connectivity index (χ4n) is 3.62. The molecule has 6 nitrogen and oxygen atoms in total. The van der Waals surface area contributed by atoms with Crippen LogP contribution in [0.4, 0.5) is 5.69 Å². The predicted octanol–water partition coefficient (Wildman–Crippen LogP) is 2.15. The van der Waals surface area contributed by atoms with Crippen LogP contribution < -0.4 is 5.32 Å². The van der Waals surface area contributed by atoms with Crippen molar-refractivity contribution in [3.63, 3.8) is 0 Å². The summed E-state index contributed by atoms with van der Waals surface area (Å²) in [4.78, 5) is 35.1. The van der Waals surface area contributed by atoms with Crippen molar-refractivity contribution >= 4 is 23.5 Å². The van der Waals surface area contributed by atoms with Gasteiger partial charge in [-0.2, -0.15) is 0 Å². The number of hydrogen-bond donors (Lipinski definition) is 3. The van der Waals surface area contributed by atoms with Crippen LogP contribution in [0.2, 0.25) is 0 Å². The number of carbonyl (C=O) groups is 3. The number of aromatic carboxylic acids is 1. The normalized spacial score (nSPS) is 27.9. The van der Waals surface area contributed by atoms with Gasteiger partial charge in [-0.3, -0.25) is 9.59 Å². The third-order valence-electron chi connectivity index (χ3n) is 4.79. The number of nitrogens with one attached hydrogen (secondary N) is 1. The molecule has 2 aliphatic rings. The van der Waals surface area contributed by atoms with Gasteiger partial charge in [0.25, 0.3) is 0 Å². The van der Waals surface area contributed by atoms with Gasteiger partial charge >= 0.3 is 11.9 Å². The number of carboxylic acids is 2. The average Bonchev–Trinajstić information content (AvgIpc) is 3.09. The Labute approximate surface area is 132 Å². The highest BCUT2D eigenvalue weighted by Crippen LogP contribution is 2.48. The van der Waals surface area contributed by atoms with Crippen LogP contribution in [-0.4, -0.2) is 28.1 Å². The molecule has 1 saturated carbocycles. The van der Waals surface area contributed by atoms with Crippen LogP contribution in [0, 0.1) is 30.6 Å². The minimum absolute atomic E-state index is 0.0657. The van der Waals surface area contributed by atoms with Gasteiger partial charge in [-0.1, -0.05) is 18.2 Å². The SMILES string of the molecule is Cc1ccc(C(=O)O)cc1NC(=O)C1C2C=CC(C2)C1C(=O)O. The molecule has 2 aliphatic carbocycles. The zero-order chi connectivity index (χ0) is 16.7. The fourth-order valence-corrected chi connectivity index (χ4v) is 3.62. The van der Waals surface area contributed by atoms with Crippen LogP contribution in [0.1, 0.15) is 22.3 Å². The molecule has 1 aromatic carbocycles. The van der Waals surface area contributed by atoms with Gasteiger partial charge in [-0.15, -0.1) is 0 Å². The van der Waals surface area contributed by atoms with Gasteiger partial charge in [0, 0.05) is 5.69 Å². The van der Waals surface area contributed by atoms with E-state index in [0.29, 0.717) is 12.1 Å². The van der Waals surface area contributed by atoms with E-state index in [1.165, 1.54) is 12.1 Å². The molecule has 4 unspecified atom stereocenters. The minimum atomic E-state index is -1.08. The molecule has 120 valence electrons. The summed E-state index contributed by atoms with van der Waals surface area (Å²) in [5.41, 5.74) is 1.22. The van der Waals surface area contributed by atoms with E-state index < -0.39 is 23.8 Å². The molecule has 0 heterocycles. The fraction of sp³-hybridized carbons (Fsp3) is 0.353. The second-order valence-electron chi connectivity index (χ2n) is 6.16. The molecule has 0 radical (unpaired) electrons. The van der Waals surface area contributed by atoms with E-state index in [4.69, 9.17) is 5.11 Å². The number of benzene rings is 1. The number of hydrogen-bond acceptors (Lipinski definition) is 3. The standard InChI is InChI=1S/C17H17NO5/c1-8-2-3-11(16(20)21)7-12(8)18-15(19)13-9-4-5-10(6-9)14(13)17(22)23/h2-5,7,9-10,13-14H,6H2,1H3,(H,18,19)(H,20,21)(H,22,23). The number of amides is 1. The van der Waals surface area contributed by atoms with Gasteiger partial charge in [0.1, 0.15) is 0 Å². The molecule has 2 bridgehead atoms. The Morgan fingerprint density at radius 2 is 1.74 bits per heavy atom. The number of allylic oxidation sites excluding steroid dienone is 2. The number of carboxylic acid groups (broad SMARTS) is 2. The van der Waals surface area contributed by atoms with Crippen LogP contribution in [-0.2, 0) is 9.59 Å².